The summed E-state index contributed by atoms with van der Waals surface area (Å²) in [6.45, 7) is 5.40. The zero-order chi connectivity index (χ0) is 31.6. The molecule has 0 saturated carbocycles. The van der Waals surface area contributed by atoms with Crippen molar-refractivity contribution in [3.05, 3.63) is 88.8 Å². The van der Waals surface area contributed by atoms with E-state index in [2.05, 4.69) is 4.98 Å². The highest BCUT2D eigenvalue weighted by atomic mass is 35.5. The van der Waals surface area contributed by atoms with Gasteiger partial charge in [-0.25, -0.2) is 14.2 Å². The van der Waals surface area contributed by atoms with E-state index in [4.69, 9.17) is 16.3 Å². The molecule has 2 amide bonds. The van der Waals surface area contributed by atoms with Gasteiger partial charge in [-0.05, 0) is 80.8 Å². The minimum absolute atomic E-state index is 0.0258. The maximum absolute atomic E-state index is 13.8. The van der Waals surface area contributed by atoms with E-state index in [1.807, 2.05) is 30.9 Å². The van der Waals surface area contributed by atoms with E-state index < -0.39 is 29.7 Å². The topological polar surface area (TPSA) is 66.0 Å². The lowest BCUT2D eigenvalue weighted by atomic mass is 9.92. The molecule has 3 heterocycles. The number of carbonyl (C=O) groups is 2. The van der Waals surface area contributed by atoms with Gasteiger partial charge in [0.25, 0.3) is 0 Å². The van der Waals surface area contributed by atoms with E-state index in [-0.39, 0.29) is 29.5 Å². The third-order valence-corrected chi connectivity index (χ3v) is 8.54. The Morgan fingerprint density at radius 2 is 1.64 bits per heavy atom. The summed E-state index contributed by atoms with van der Waals surface area (Å²) in [7, 11) is 0. The van der Waals surface area contributed by atoms with Crippen LogP contribution in [0.5, 0.6) is 5.75 Å². The molecular formula is C32H33ClF4N4O3. The second-order valence-corrected chi connectivity index (χ2v) is 11.9. The van der Waals surface area contributed by atoms with Gasteiger partial charge in [-0.3, -0.25) is 9.69 Å². The summed E-state index contributed by atoms with van der Waals surface area (Å²) in [5, 5.41) is 0.571. The number of anilines is 1. The number of hydrogen-bond acceptors (Lipinski definition) is 5. The average molecular weight is 633 g/mol. The highest BCUT2D eigenvalue weighted by Crippen LogP contribution is 2.36. The molecule has 2 aliphatic rings. The summed E-state index contributed by atoms with van der Waals surface area (Å²) in [5.41, 5.74) is 0.125. The Morgan fingerprint density at radius 3 is 2.20 bits per heavy atom. The normalized spacial score (nSPS) is 19.4. The Hall–Kier alpha value is -3.86. The van der Waals surface area contributed by atoms with Gasteiger partial charge in [-0.2, -0.15) is 13.2 Å². The van der Waals surface area contributed by atoms with Crippen LogP contribution in [0.4, 0.5) is 28.2 Å². The number of aromatic nitrogens is 1. The van der Waals surface area contributed by atoms with Gasteiger partial charge in [0.15, 0.2) is 0 Å². The summed E-state index contributed by atoms with van der Waals surface area (Å²) < 4.78 is 57.9. The summed E-state index contributed by atoms with van der Waals surface area (Å²) in [6, 6.07) is 14.3. The monoisotopic (exact) mass is 632 g/mol. The maximum Gasteiger partial charge on any atom is 0.417 e. The van der Waals surface area contributed by atoms with Gasteiger partial charge in [-0.1, -0.05) is 23.7 Å². The van der Waals surface area contributed by atoms with Crippen molar-refractivity contribution in [2.75, 3.05) is 31.1 Å². The van der Waals surface area contributed by atoms with Crippen LogP contribution in [-0.2, 0) is 11.0 Å². The minimum Gasteiger partial charge on any atom is -0.410 e. The first-order valence-electron chi connectivity index (χ1n) is 14.5. The van der Waals surface area contributed by atoms with Crippen molar-refractivity contribution in [3.63, 3.8) is 0 Å². The first kappa shape index (κ1) is 31.6. The van der Waals surface area contributed by atoms with Crippen LogP contribution in [0.2, 0.25) is 5.02 Å². The van der Waals surface area contributed by atoms with Crippen molar-refractivity contribution < 1.29 is 31.9 Å². The fraction of sp³-hybridized carbons (Fsp3) is 0.406. The van der Waals surface area contributed by atoms with Crippen molar-refractivity contribution in [2.45, 2.75) is 50.9 Å². The van der Waals surface area contributed by atoms with E-state index >= 15 is 0 Å². The molecule has 12 heteroatoms. The maximum atomic E-state index is 13.8. The highest BCUT2D eigenvalue weighted by molar-refractivity contribution is 6.30. The van der Waals surface area contributed by atoms with E-state index in [9.17, 15) is 27.2 Å². The van der Waals surface area contributed by atoms with Crippen LogP contribution < -0.4 is 9.64 Å². The van der Waals surface area contributed by atoms with Crippen LogP contribution >= 0.6 is 11.6 Å². The number of amides is 2. The summed E-state index contributed by atoms with van der Waals surface area (Å²) in [6.07, 6.45) is -3.17. The van der Waals surface area contributed by atoms with Crippen molar-refractivity contribution in [3.8, 4) is 5.75 Å². The number of carbonyl (C=O) groups excluding carboxylic acids is 2. The molecule has 3 aromatic rings. The molecule has 0 spiro atoms. The molecule has 0 N–H and O–H groups in total. The predicted octanol–water partition coefficient (Wildman–Crippen LogP) is 7.01. The van der Waals surface area contributed by atoms with Crippen LogP contribution in [-0.4, -0.2) is 65.0 Å². The van der Waals surface area contributed by atoms with Crippen LogP contribution in [0.15, 0.2) is 66.9 Å². The molecule has 234 valence electrons. The van der Waals surface area contributed by atoms with Crippen LogP contribution in [0.25, 0.3) is 0 Å². The van der Waals surface area contributed by atoms with Crippen molar-refractivity contribution in [1.82, 2.24) is 14.8 Å². The van der Waals surface area contributed by atoms with E-state index in [1.54, 1.807) is 21.9 Å². The first-order valence-corrected chi connectivity index (χ1v) is 14.9. The molecule has 0 bridgehead atoms. The largest absolute Gasteiger partial charge is 0.417 e. The Kier molecular flexibility index (Phi) is 9.34. The van der Waals surface area contributed by atoms with Gasteiger partial charge in [0.1, 0.15) is 17.4 Å². The number of ether oxygens (including phenoxy) is 1. The fourth-order valence-electron chi connectivity index (χ4n) is 6.03. The molecule has 0 aliphatic carbocycles. The molecule has 1 aromatic heterocycles. The summed E-state index contributed by atoms with van der Waals surface area (Å²) in [4.78, 5) is 36.6. The Morgan fingerprint density at radius 1 is 0.977 bits per heavy atom. The molecule has 2 saturated heterocycles. The second-order valence-electron chi connectivity index (χ2n) is 11.5. The third kappa shape index (κ3) is 7.09. The molecule has 44 heavy (non-hydrogen) atoms. The average Bonchev–Trinajstić information content (AvgIpc) is 3.42. The lowest BCUT2D eigenvalue weighted by molar-refractivity contribution is -0.138. The van der Waals surface area contributed by atoms with Gasteiger partial charge < -0.3 is 14.5 Å². The summed E-state index contributed by atoms with van der Waals surface area (Å²) >= 11 is 6.15. The quantitative estimate of drug-likeness (QED) is 0.274. The molecule has 5 rings (SSSR count). The number of nitrogens with zero attached hydrogens (tertiary/aromatic N) is 4. The number of benzene rings is 2. The first-order chi connectivity index (χ1) is 20.9. The number of pyridine rings is 1. The molecule has 2 atom stereocenters. The Balaban J connectivity index is 1.31. The van der Waals surface area contributed by atoms with Gasteiger partial charge in [-0.15, -0.1) is 0 Å². The third-order valence-electron chi connectivity index (χ3n) is 8.29. The molecule has 2 fully saturated rings. The highest BCUT2D eigenvalue weighted by Gasteiger charge is 2.44. The molecule has 0 radical (unpaired) electrons. The number of alkyl halides is 3. The number of likely N-dealkylation sites (tertiary alicyclic amines) is 1. The fourth-order valence-corrected chi connectivity index (χ4v) is 6.15. The zero-order valence-corrected chi connectivity index (χ0v) is 25.1. The van der Waals surface area contributed by atoms with E-state index in [0.29, 0.717) is 49.9 Å². The minimum atomic E-state index is -4.45. The van der Waals surface area contributed by atoms with Crippen molar-refractivity contribution in [1.29, 1.82) is 0 Å². The van der Waals surface area contributed by atoms with E-state index in [1.165, 1.54) is 30.3 Å². The number of rotatable bonds is 6. The van der Waals surface area contributed by atoms with E-state index in [0.717, 1.165) is 17.8 Å². The van der Waals surface area contributed by atoms with Gasteiger partial charge in [0, 0.05) is 55.3 Å². The lowest BCUT2D eigenvalue weighted by Gasteiger charge is -2.35. The number of hydrogen-bond donors (Lipinski definition) is 0. The van der Waals surface area contributed by atoms with Crippen molar-refractivity contribution >= 4 is 29.4 Å². The smallest absolute Gasteiger partial charge is 0.410 e. The Bertz CT molecular complexity index is 1440. The standard InChI is InChI=1S/C32H33ClF4N4O3/c1-20(2)41(31(43)44-26-10-8-25(34)9-11-26)28-19-40(18-27(28)21-3-6-24(33)7-4-21)30(42)22-13-15-39(16-14-22)29-12-5-23(17-38-29)32(35,36)37/h3-12,17,20,22,27-28H,13-16,18-19H2,1-2H3/t27?,28-/m1/s1. The molecular weight excluding hydrogens is 600 g/mol. The van der Waals surface area contributed by atoms with Crippen LogP contribution in [0.1, 0.15) is 43.7 Å². The molecule has 7 nitrogen and oxygen atoms in total. The van der Waals surface area contributed by atoms with Crippen LogP contribution in [0.3, 0.4) is 0 Å². The molecule has 1 unspecified atom stereocenters. The second kappa shape index (κ2) is 13.0. The van der Waals surface area contributed by atoms with Gasteiger partial charge in [0.05, 0.1) is 11.6 Å². The van der Waals surface area contributed by atoms with Gasteiger partial charge >= 0.3 is 12.3 Å². The molecule has 2 aromatic carbocycles. The summed E-state index contributed by atoms with van der Waals surface area (Å²) in [5.74, 6) is -0.299. The lowest BCUT2D eigenvalue weighted by Crippen LogP contribution is -2.50. The zero-order valence-electron chi connectivity index (χ0n) is 24.3. The molecule has 2 aliphatic heterocycles. The number of piperidine rings is 1. The number of halogens is 5. The Labute approximate surface area is 258 Å². The van der Waals surface area contributed by atoms with Crippen molar-refractivity contribution in [2.24, 2.45) is 5.92 Å². The predicted molar refractivity (Wildman–Crippen MR) is 158 cm³/mol. The SMILES string of the molecule is CC(C)N(C(=O)Oc1ccc(F)cc1)[C@@H]1CN(C(=O)C2CCN(c3ccc(C(F)(F)F)cn3)CC2)CC1c1ccc(Cl)cc1. The van der Waals surface area contributed by atoms with Gasteiger partial charge in [0.2, 0.25) is 5.91 Å². The van der Waals surface area contributed by atoms with Crippen LogP contribution in [0, 0.1) is 11.7 Å².